The Hall–Kier alpha value is -1.75. The molecule has 5 nitrogen and oxygen atoms in total. The molecule has 2 heterocycles. The zero-order chi connectivity index (χ0) is 11.3. The summed E-state index contributed by atoms with van der Waals surface area (Å²) in [6.07, 6.45) is 2.93. The summed E-state index contributed by atoms with van der Waals surface area (Å²) in [6, 6.07) is 3.38. The number of hydrogen-bond acceptors (Lipinski definition) is 4. The average Bonchev–Trinajstić information content (AvgIpc) is 2.49. The van der Waals surface area contributed by atoms with Crippen molar-refractivity contribution < 1.29 is 9.59 Å². The number of pyridine rings is 1. The van der Waals surface area contributed by atoms with Crippen LogP contribution in [0.3, 0.4) is 0 Å². The van der Waals surface area contributed by atoms with E-state index in [0.29, 0.717) is 18.4 Å². The van der Waals surface area contributed by atoms with Crippen molar-refractivity contribution >= 4 is 11.8 Å². The Morgan fingerprint density at radius 3 is 2.69 bits per heavy atom. The van der Waals surface area contributed by atoms with Crippen LogP contribution in [0.15, 0.2) is 18.3 Å². The molecule has 1 aliphatic heterocycles. The van der Waals surface area contributed by atoms with Gasteiger partial charge in [0.2, 0.25) is 0 Å². The number of imide groups is 1. The lowest BCUT2D eigenvalue weighted by atomic mass is 9.86. The van der Waals surface area contributed by atoms with Crippen LogP contribution in [-0.4, -0.2) is 33.8 Å². The molecule has 0 atom stereocenters. The van der Waals surface area contributed by atoms with E-state index in [1.165, 1.54) is 11.1 Å². The molecule has 2 N–H and O–H groups in total. The minimum Gasteiger partial charge on any atom is -0.328 e. The minimum absolute atomic E-state index is 0.0378. The van der Waals surface area contributed by atoms with Gasteiger partial charge in [0.05, 0.1) is 5.56 Å². The Labute approximate surface area is 92.3 Å². The second-order valence-electron chi connectivity index (χ2n) is 4.27. The molecule has 1 aliphatic carbocycles. The highest BCUT2D eigenvalue weighted by molar-refractivity contribution is 6.20. The highest BCUT2D eigenvalue weighted by atomic mass is 16.2. The molecule has 1 fully saturated rings. The van der Waals surface area contributed by atoms with Gasteiger partial charge in [-0.15, -0.1) is 0 Å². The second kappa shape index (κ2) is 3.12. The molecule has 16 heavy (non-hydrogen) atoms. The van der Waals surface area contributed by atoms with Crippen molar-refractivity contribution in [1.29, 1.82) is 0 Å². The summed E-state index contributed by atoms with van der Waals surface area (Å²) < 4.78 is 0. The molecule has 0 radical (unpaired) electrons. The van der Waals surface area contributed by atoms with E-state index in [-0.39, 0.29) is 29.6 Å². The van der Waals surface area contributed by atoms with Gasteiger partial charge < -0.3 is 5.73 Å². The number of fused-ring (bicyclic) bond motifs is 1. The zero-order valence-electron chi connectivity index (χ0n) is 8.59. The molecule has 82 valence electrons. The Kier molecular flexibility index (Phi) is 1.85. The topological polar surface area (TPSA) is 76.3 Å². The first-order chi connectivity index (χ1) is 7.68. The summed E-state index contributed by atoms with van der Waals surface area (Å²) in [5.41, 5.74) is 6.35. The van der Waals surface area contributed by atoms with Crippen LogP contribution in [0, 0.1) is 0 Å². The number of rotatable bonds is 1. The Balaban J connectivity index is 1.96. The van der Waals surface area contributed by atoms with Gasteiger partial charge in [-0.1, -0.05) is 0 Å². The summed E-state index contributed by atoms with van der Waals surface area (Å²) in [5.74, 6) is -0.512. The van der Waals surface area contributed by atoms with E-state index < -0.39 is 0 Å². The maximum atomic E-state index is 12.0. The Morgan fingerprint density at radius 1 is 1.31 bits per heavy atom. The van der Waals surface area contributed by atoms with Crippen molar-refractivity contribution in [2.45, 2.75) is 24.9 Å². The van der Waals surface area contributed by atoms with E-state index in [2.05, 4.69) is 4.98 Å². The third-order valence-electron chi connectivity index (χ3n) is 3.19. The predicted octanol–water partition coefficient (Wildman–Crippen LogP) is 0.167. The first-order valence-corrected chi connectivity index (χ1v) is 5.27. The number of nitrogens with zero attached hydrogens (tertiary/aromatic N) is 2. The second-order valence-corrected chi connectivity index (χ2v) is 4.27. The lowest BCUT2D eigenvalue weighted by Crippen LogP contribution is -2.52. The van der Waals surface area contributed by atoms with E-state index in [1.54, 1.807) is 12.1 Å². The summed E-state index contributed by atoms with van der Waals surface area (Å²) in [4.78, 5) is 29.2. The van der Waals surface area contributed by atoms with E-state index in [9.17, 15) is 9.59 Å². The van der Waals surface area contributed by atoms with E-state index >= 15 is 0 Å². The van der Waals surface area contributed by atoms with Crippen LogP contribution in [0.4, 0.5) is 0 Å². The number of hydrogen-bond donors (Lipinski definition) is 1. The Morgan fingerprint density at radius 2 is 2.06 bits per heavy atom. The molecule has 2 amide bonds. The van der Waals surface area contributed by atoms with Gasteiger partial charge in [-0.05, 0) is 25.0 Å². The van der Waals surface area contributed by atoms with Crippen LogP contribution in [0.25, 0.3) is 0 Å². The fourth-order valence-corrected chi connectivity index (χ4v) is 2.26. The largest absolute Gasteiger partial charge is 0.328 e. The van der Waals surface area contributed by atoms with Gasteiger partial charge >= 0.3 is 0 Å². The molecule has 1 saturated carbocycles. The van der Waals surface area contributed by atoms with Gasteiger partial charge in [-0.3, -0.25) is 19.5 Å². The number of nitrogens with two attached hydrogens (primary N) is 1. The Bertz CT molecular complexity index is 445. The van der Waals surface area contributed by atoms with Crippen LogP contribution in [-0.2, 0) is 0 Å². The van der Waals surface area contributed by atoms with Crippen LogP contribution < -0.4 is 5.73 Å². The molecule has 1 aromatic rings. The standard InChI is InChI=1S/C11H11N3O2/c12-6-4-7(5-6)14-10(15)8-2-1-3-13-9(8)11(14)16/h1-3,6-7H,4-5,12H2. The molecule has 0 unspecified atom stereocenters. The van der Waals surface area contributed by atoms with Crippen LogP contribution >= 0.6 is 0 Å². The molecule has 1 aromatic heterocycles. The summed E-state index contributed by atoms with van der Waals surface area (Å²) >= 11 is 0. The molecular weight excluding hydrogens is 206 g/mol. The number of amides is 2. The van der Waals surface area contributed by atoms with Crippen molar-refractivity contribution in [2.24, 2.45) is 5.73 Å². The molecule has 0 saturated heterocycles. The highest BCUT2D eigenvalue weighted by Gasteiger charge is 2.44. The van der Waals surface area contributed by atoms with Crippen LogP contribution in [0.2, 0.25) is 0 Å². The fourth-order valence-electron chi connectivity index (χ4n) is 2.26. The monoisotopic (exact) mass is 217 g/mol. The van der Waals surface area contributed by atoms with E-state index in [0.717, 1.165) is 0 Å². The lowest BCUT2D eigenvalue weighted by molar-refractivity contribution is 0.0481. The first kappa shape index (κ1) is 9.47. The maximum absolute atomic E-state index is 12.0. The van der Waals surface area contributed by atoms with Crippen molar-refractivity contribution in [3.63, 3.8) is 0 Å². The van der Waals surface area contributed by atoms with Gasteiger partial charge in [-0.25, -0.2) is 0 Å². The smallest absolute Gasteiger partial charge is 0.280 e. The fraction of sp³-hybridized carbons (Fsp3) is 0.364. The van der Waals surface area contributed by atoms with Gasteiger partial charge in [0.1, 0.15) is 5.69 Å². The molecular formula is C11H11N3O2. The number of carbonyl (C=O) groups excluding carboxylic acids is 2. The summed E-state index contributed by atoms with van der Waals surface area (Å²) in [7, 11) is 0. The first-order valence-electron chi connectivity index (χ1n) is 5.27. The zero-order valence-corrected chi connectivity index (χ0v) is 8.59. The molecule has 0 spiro atoms. The van der Waals surface area contributed by atoms with Crippen molar-refractivity contribution in [3.8, 4) is 0 Å². The van der Waals surface area contributed by atoms with Crippen molar-refractivity contribution in [3.05, 3.63) is 29.6 Å². The van der Waals surface area contributed by atoms with Gasteiger partial charge in [0.15, 0.2) is 0 Å². The lowest BCUT2D eigenvalue weighted by Gasteiger charge is -2.37. The average molecular weight is 217 g/mol. The quantitative estimate of drug-likeness (QED) is 0.680. The maximum Gasteiger partial charge on any atom is 0.280 e. The SMILES string of the molecule is NC1CC(N2C(=O)c3cccnc3C2=O)C1. The summed E-state index contributed by atoms with van der Waals surface area (Å²) in [5, 5.41) is 0. The van der Waals surface area contributed by atoms with Gasteiger partial charge in [-0.2, -0.15) is 0 Å². The third kappa shape index (κ3) is 1.12. The predicted molar refractivity (Wildman–Crippen MR) is 55.7 cm³/mol. The molecule has 0 aromatic carbocycles. The summed E-state index contributed by atoms with van der Waals surface area (Å²) in [6.45, 7) is 0. The third-order valence-corrected chi connectivity index (χ3v) is 3.19. The van der Waals surface area contributed by atoms with Gasteiger partial charge in [0, 0.05) is 18.3 Å². The van der Waals surface area contributed by atoms with Crippen molar-refractivity contribution in [2.75, 3.05) is 0 Å². The van der Waals surface area contributed by atoms with Gasteiger partial charge in [0.25, 0.3) is 11.8 Å². The van der Waals surface area contributed by atoms with Crippen LogP contribution in [0.1, 0.15) is 33.7 Å². The molecule has 3 rings (SSSR count). The van der Waals surface area contributed by atoms with Crippen LogP contribution in [0.5, 0.6) is 0 Å². The highest BCUT2D eigenvalue weighted by Crippen LogP contribution is 2.31. The molecule has 0 bridgehead atoms. The minimum atomic E-state index is -0.280. The molecule has 5 heteroatoms. The number of aromatic nitrogens is 1. The van der Waals surface area contributed by atoms with E-state index in [1.807, 2.05) is 0 Å². The van der Waals surface area contributed by atoms with E-state index in [4.69, 9.17) is 5.73 Å². The normalized spacial score (nSPS) is 27.9. The number of carbonyl (C=O) groups is 2. The molecule has 2 aliphatic rings. The van der Waals surface area contributed by atoms with Crippen molar-refractivity contribution in [1.82, 2.24) is 9.88 Å².